The van der Waals surface area contributed by atoms with E-state index in [2.05, 4.69) is 10.6 Å². The van der Waals surface area contributed by atoms with Crippen LogP contribution >= 0.6 is 0 Å². The molecule has 0 saturated carbocycles. The number of esters is 1. The van der Waals surface area contributed by atoms with E-state index in [9.17, 15) is 24.5 Å². The van der Waals surface area contributed by atoms with Gasteiger partial charge in [-0.15, -0.1) is 0 Å². The summed E-state index contributed by atoms with van der Waals surface area (Å²) in [4.78, 5) is 45.3. The molecule has 0 saturated heterocycles. The molecule has 9 heteroatoms. The highest BCUT2D eigenvalue weighted by molar-refractivity contribution is 5.93. The van der Waals surface area contributed by atoms with Gasteiger partial charge in [-0.1, -0.05) is 36.4 Å². The summed E-state index contributed by atoms with van der Waals surface area (Å²) in [7, 11) is 0. The van der Waals surface area contributed by atoms with Crippen LogP contribution in [0.4, 0.5) is 11.4 Å². The normalized spacial score (nSPS) is 10.0. The van der Waals surface area contributed by atoms with Gasteiger partial charge >= 0.3 is 5.97 Å². The molecule has 0 aromatic heterocycles. The van der Waals surface area contributed by atoms with Gasteiger partial charge in [-0.25, -0.2) is 0 Å². The Hall–Kier alpha value is -3.75. The molecule has 2 aromatic rings. The molecular formula is C19H19N3O6. The summed E-state index contributed by atoms with van der Waals surface area (Å²) >= 11 is 0. The number of nitro groups is 1. The van der Waals surface area contributed by atoms with E-state index < -0.39 is 23.4 Å². The molecule has 0 aliphatic heterocycles. The Morgan fingerprint density at radius 3 is 2.43 bits per heavy atom. The fourth-order valence-electron chi connectivity index (χ4n) is 2.21. The fraction of sp³-hybridized carbons (Fsp3) is 0.211. The van der Waals surface area contributed by atoms with E-state index in [4.69, 9.17) is 4.74 Å². The number of amides is 2. The summed E-state index contributed by atoms with van der Waals surface area (Å²) in [5.74, 6) is -1.63. The van der Waals surface area contributed by atoms with Crippen molar-refractivity contribution < 1.29 is 24.0 Å². The highest BCUT2D eigenvalue weighted by Crippen LogP contribution is 2.16. The van der Waals surface area contributed by atoms with Crippen molar-refractivity contribution in [3.05, 3.63) is 70.3 Å². The Morgan fingerprint density at radius 2 is 1.71 bits per heavy atom. The van der Waals surface area contributed by atoms with Crippen molar-refractivity contribution in [2.45, 2.75) is 19.4 Å². The second-order valence-electron chi connectivity index (χ2n) is 5.78. The molecule has 2 N–H and O–H groups in total. The summed E-state index contributed by atoms with van der Waals surface area (Å²) in [5, 5.41) is 15.8. The molecule has 2 rings (SSSR count). The van der Waals surface area contributed by atoms with Crippen LogP contribution in [0.5, 0.6) is 0 Å². The lowest BCUT2D eigenvalue weighted by molar-refractivity contribution is -0.384. The molecule has 0 spiro atoms. The van der Waals surface area contributed by atoms with E-state index in [1.807, 2.05) is 30.3 Å². The first-order chi connectivity index (χ1) is 13.4. The lowest BCUT2D eigenvalue weighted by atomic mass is 10.2. The van der Waals surface area contributed by atoms with Gasteiger partial charge in [0.05, 0.1) is 11.3 Å². The van der Waals surface area contributed by atoms with Crippen molar-refractivity contribution >= 4 is 29.2 Å². The van der Waals surface area contributed by atoms with Crippen LogP contribution in [-0.4, -0.2) is 29.3 Å². The quantitative estimate of drug-likeness (QED) is 0.387. The number of carbonyl (C=O) groups excluding carboxylic acids is 3. The Labute approximate surface area is 160 Å². The number of anilines is 1. The predicted molar refractivity (Wildman–Crippen MR) is 100 cm³/mol. The third-order valence-electron chi connectivity index (χ3n) is 3.59. The number of hydrogen-bond donors (Lipinski definition) is 2. The number of rotatable bonds is 9. The Kier molecular flexibility index (Phi) is 7.64. The van der Waals surface area contributed by atoms with E-state index in [0.717, 1.165) is 5.56 Å². The average molecular weight is 385 g/mol. The molecule has 0 aliphatic carbocycles. The van der Waals surface area contributed by atoms with Crippen LogP contribution < -0.4 is 10.6 Å². The molecule has 0 radical (unpaired) electrons. The largest absolute Gasteiger partial charge is 0.456 e. The van der Waals surface area contributed by atoms with Crippen molar-refractivity contribution in [1.29, 1.82) is 0 Å². The van der Waals surface area contributed by atoms with Gasteiger partial charge in [0.1, 0.15) is 0 Å². The molecule has 0 heterocycles. The monoisotopic (exact) mass is 385 g/mol. The second kappa shape index (κ2) is 10.4. The summed E-state index contributed by atoms with van der Waals surface area (Å²) in [6, 6.07) is 14.7. The maximum atomic E-state index is 11.8. The van der Waals surface area contributed by atoms with E-state index in [0.29, 0.717) is 6.54 Å². The molecular weight excluding hydrogens is 366 g/mol. The number of hydrogen-bond acceptors (Lipinski definition) is 6. The summed E-state index contributed by atoms with van der Waals surface area (Å²) in [6.45, 7) is -0.187. The van der Waals surface area contributed by atoms with E-state index >= 15 is 0 Å². The molecule has 0 aliphatic rings. The number of nitrogens with zero attached hydrogens (tertiary/aromatic N) is 1. The van der Waals surface area contributed by atoms with Gasteiger partial charge in [0.15, 0.2) is 6.61 Å². The van der Waals surface area contributed by atoms with E-state index in [1.54, 1.807) is 0 Å². The van der Waals surface area contributed by atoms with Crippen molar-refractivity contribution in [2.24, 2.45) is 0 Å². The minimum atomic E-state index is -0.691. The van der Waals surface area contributed by atoms with E-state index in [-0.39, 0.29) is 30.1 Å². The van der Waals surface area contributed by atoms with Crippen LogP contribution in [0.1, 0.15) is 18.4 Å². The molecule has 146 valence electrons. The number of nitro benzene ring substituents is 1. The Balaban J connectivity index is 1.66. The molecule has 28 heavy (non-hydrogen) atoms. The van der Waals surface area contributed by atoms with Gasteiger partial charge in [-0.05, 0) is 11.6 Å². The number of non-ortho nitro benzene ring substituents is 1. The second-order valence-corrected chi connectivity index (χ2v) is 5.78. The predicted octanol–water partition coefficient (Wildman–Crippen LogP) is 2.17. The van der Waals surface area contributed by atoms with Crippen molar-refractivity contribution in [3.63, 3.8) is 0 Å². The number of carbonyl (C=O) groups is 3. The number of nitrogens with one attached hydrogen (secondary N) is 2. The molecule has 0 bridgehead atoms. The first-order valence-corrected chi connectivity index (χ1v) is 8.44. The molecule has 0 unspecified atom stereocenters. The molecule has 9 nitrogen and oxygen atoms in total. The lowest BCUT2D eigenvalue weighted by Crippen LogP contribution is -2.25. The minimum absolute atomic E-state index is 0.0574. The minimum Gasteiger partial charge on any atom is -0.456 e. The SMILES string of the molecule is O=C(CCC(=O)OCC(=O)Nc1cccc([N+](=O)[O-])c1)NCc1ccccc1. The van der Waals surface area contributed by atoms with Crippen LogP contribution in [-0.2, 0) is 25.7 Å². The van der Waals surface area contributed by atoms with Crippen LogP contribution in [0.15, 0.2) is 54.6 Å². The van der Waals surface area contributed by atoms with Gasteiger partial charge in [0.25, 0.3) is 11.6 Å². The smallest absolute Gasteiger partial charge is 0.306 e. The van der Waals surface area contributed by atoms with Gasteiger partial charge in [0.2, 0.25) is 5.91 Å². The first-order valence-electron chi connectivity index (χ1n) is 8.44. The van der Waals surface area contributed by atoms with Crippen molar-refractivity contribution in [3.8, 4) is 0 Å². The topological polar surface area (TPSA) is 128 Å². The fourth-order valence-corrected chi connectivity index (χ4v) is 2.21. The maximum Gasteiger partial charge on any atom is 0.306 e. The van der Waals surface area contributed by atoms with Gasteiger partial charge < -0.3 is 15.4 Å². The van der Waals surface area contributed by atoms with Crippen molar-refractivity contribution in [1.82, 2.24) is 5.32 Å². The highest BCUT2D eigenvalue weighted by Gasteiger charge is 2.12. The summed E-state index contributed by atoms with van der Waals surface area (Å²) < 4.78 is 4.80. The zero-order chi connectivity index (χ0) is 20.4. The van der Waals surface area contributed by atoms with Crippen LogP contribution in [0, 0.1) is 10.1 Å². The Morgan fingerprint density at radius 1 is 0.964 bits per heavy atom. The molecule has 2 amide bonds. The van der Waals surface area contributed by atoms with Crippen LogP contribution in [0.3, 0.4) is 0 Å². The Bertz CT molecular complexity index is 854. The van der Waals surface area contributed by atoms with Gasteiger partial charge in [0, 0.05) is 30.8 Å². The molecule has 0 atom stereocenters. The maximum absolute atomic E-state index is 11.8. The lowest BCUT2D eigenvalue weighted by Gasteiger charge is -2.07. The molecule has 0 fully saturated rings. The third-order valence-corrected chi connectivity index (χ3v) is 3.59. The first kappa shape index (κ1) is 20.6. The molecule has 2 aromatic carbocycles. The standard InChI is InChI=1S/C19H19N3O6/c23-17(20-12-14-5-2-1-3-6-14)9-10-19(25)28-13-18(24)21-15-7-4-8-16(11-15)22(26)27/h1-8,11H,9-10,12-13H2,(H,20,23)(H,21,24). The zero-order valence-electron chi connectivity index (χ0n) is 14.9. The highest BCUT2D eigenvalue weighted by atomic mass is 16.6. The summed E-state index contributed by atoms with van der Waals surface area (Å²) in [5.41, 5.74) is 0.989. The summed E-state index contributed by atoms with van der Waals surface area (Å²) in [6.07, 6.45) is -0.219. The third kappa shape index (κ3) is 7.24. The number of benzene rings is 2. The van der Waals surface area contributed by atoms with Crippen molar-refractivity contribution in [2.75, 3.05) is 11.9 Å². The van der Waals surface area contributed by atoms with E-state index in [1.165, 1.54) is 24.3 Å². The number of ether oxygens (including phenoxy) is 1. The van der Waals surface area contributed by atoms with Gasteiger partial charge in [-0.3, -0.25) is 24.5 Å². The van der Waals surface area contributed by atoms with Gasteiger partial charge in [-0.2, -0.15) is 0 Å². The average Bonchev–Trinajstić information content (AvgIpc) is 2.70. The zero-order valence-corrected chi connectivity index (χ0v) is 14.9. The van der Waals surface area contributed by atoms with Crippen LogP contribution in [0.25, 0.3) is 0 Å². The van der Waals surface area contributed by atoms with Crippen LogP contribution in [0.2, 0.25) is 0 Å².